The van der Waals surface area contributed by atoms with E-state index in [4.69, 9.17) is 9.98 Å². The van der Waals surface area contributed by atoms with E-state index in [-0.39, 0.29) is 16.5 Å². The molecule has 3 aromatic rings. The van der Waals surface area contributed by atoms with Crippen LogP contribution in [-0.2, 0) is 22.9 Å². The fraction of sp³-hybridized carbons (Fsp3) is 0.545. The molecule has 0 aliphatic heterocycles. The molecule has 0 heterocycles. The minimum Gasteiger partial charge on any atom is -0.873 e. The van der Waals surface area contributed by atoms with Gasteiger partial charge in [0.05, 0.1) is 28.5 Å². The van der Waals surface area contributed by atoms with Crippen LogP contribution in [0.1, 0.15) is 145 Å². The molecular formula is C44H64BrN3NiO2. The third kappa shape index (κ3) is 17.6. The van der Waals surface area contributed by atoms with E-state index in [2.05, 4.69) is 106 Å². The van der Waals surface area contributed by atoms with Gasteiger partial charge < -0.3 is 15.5 Å². The summed E-state index contributed by atoms with van der Waals surface area (Å²) in [6.07, 6.45) is 17.4. The Hall–Kier alpha value is -2.63. The molecule has 0 fully saturated rings. The van der Waals surface area contributed by atoms with Crippen LogP contribution >= 0.6 is 15.9 Å². The van der Waals surface area contributed by atoms with Crippen molar-refractivity contribution in [1.29, 1.82) is 0 Å². The van der Waals surface area contributed by atoms with Crippen molar-refractivity contribution in [2.45, 2.75) is 152 Å². The average molecular weight is 806 g/mol. The van der Waals surface area contributed by atoms with E-state index in [0.717, 1.165) is 67.0 Å². The van der Waals surface area contributed by atoms with Gasteiger partial charge in [0, 0.05) is 11.0 Å². The summed E-state index contributed by atoms with van der Waals surface area (Å²) in [4.78, 5) is 10.3. The van der Waals surface area contributed by atoms with Crippen LogP contribution < -0.4 is 15.5 Å². The number of hydrogen-bond acceptors (Lipinski definition) is 5. The van der Waals surface area contributed by atoms with E-state index in [1.807, 2.05) is 6.92 Å². The van der Waals surface area contributed by atoms with Gasteiger partial charge in [0.2, 0.25) is 0 Å². The zero-order chi connectivity index (χ0) is 36.9. The predicted molar refractivity (Wildman–Crippen MR) is 219 cm³/mol. The molecule has 5 nitrogen and oxygen atoms in total. The number of unbranched alkanes of at least 4 members (excludes halogenated alkanes) is 9. The van der Waals surface area contributed by atoms with Crippen LogP contribution in [0.25, 0.3) is 0 Å². The molecule has 0 radical (unpaired) electrons. The van der Waals surface area contributed by atoms with Crippen molar-refractivity contribution in [2.24, 2.45) is 9.98 Å². The quantitative estimate of drug-likeness (QED) is 0.0701. The van der Waals surface area contributed by atoms with Crippen molar-refractivity contribution in [3.05, 3.63) is 74.8 Å². The van der Waals surface area contributed by atoms with Crippen molar-refractivity contribution in [3.8, 4) is 11.5 Å². The Bertz CT molecular complexity index is 1480. The smallest absolute Gasteiger partial charge is 0.873 e. The molecular weight excluding hydrogens is 741 g/mol. The van der Waals surface area contributed by atoms with Gasteiger partial charge in [-0.1, -0.05) is 104 Å². The van der Waals surface area contributed by atoms with Crippen LogP contribution in [0.3, 0.4) is 0 Å². The normalized spacial score (nSPS) is 11.5. The summed E-state index contributed by atoms with van der Waals surface area (Å²) in [5, 5.41) is 26.4. The summed E-state index contributed by atoms with van der Waals surface area (Å²) in [6.45, 7) is 18.1. The fourth-order valence-corrected chi connectivity index (χ4v) is 6.77. The standard InChI is InChI=1S/C28H40N2.C16H26BrNO2.Ni/c1-7-9-11-12-14-28(30-26-19-23(5)16-24(6)20-26)27(13-10-8-2)29-25-17-21(3)15-22(4)18-25;1-3-5-6-7-8-9-10-18-15-12(4-2)11-13(19)16(20)14(15)17;/h15-20H,7-14H2,1-6H3;11,18-20H,3-10H2,1-2H3;/q;;+2/p-2. The summed E-state index contributed by atoms with van der Waals surface area (Å²) in [6, 6.07) is 14.6. The second-order valence-corrected chi connectivity index (χ2v) is 14.6. The molecule has 0 aromatic heterocycles. The third-order valence-electron chi connectivity index (χ3n) is 8.79. The van der Waals surface area contributed by atoms with Crippen molar-refractivity contribution >= 4 is 44.4 Å². The third-order valence-corrected chi connectivity index (χ3v) is 9.55. The Kier molecular flexibility index (Phi) is 23.8. The molecule has 0 atom stereocenters. The number of aryl methyl sites for hydroxylation is 5. The van der Waals surface area contributed by atoms with Crippen LogP contribution in [0.15, 0.2) is 56.9 Å². The molecule has 0 aliphatic rings. The number of rotatable bonds is 20. The first-order valence-electron chi connectivity index (χ1n) is 19.3. The molecule has 284 valence electrons. The van der Waals surface area contributed by atoms with Gasteiger partial charge in [-0.25, -0.2) is 0 Å². The maximum absolute atomic E-state index is 11.7. The molecule has 0 unspecified atom stereocenters. The van der Waals surface area contributed by atoms with E-state index >= 15 is 0 Å². The zero-order valence-corrected chi connectivity index (χ0v) is 35.3. The zero-order valence-electron chi connectivity index (χ0n) is 32.8. The Labute approximate surface area is 329 Å². The molecule has 3 aromatic carbocycles. The largest absolute Gasteiger partial charge is 2.00 e. The van der Waals surface area contributed by atoms with E-state index in [9.17, 15) is 10.2 Å². The van der Waals surface area contributed by atoms with E-state index in [1.165, 1.54) is 98.2 Å². The first kappa shape index (κ1) is 46.4. The Morgan fingerprint density at radius 1 is 0.588 bits per heavy atom. The number of nitrogens with zero attached hydrogens (tertiary/aromatic N) is 2. The Morgan fingerprint density at radius 2 is 1.02 bits per heavy atom. The van der Waals surface area contributed by atoms with Gasteiger partial charge in [0.15, 0.2) is 0 Å². The van der Waals surface area contributed by atoms with Gasteiger partial charge in [0.25, 0.3) is 0 Å². The van der Waals surface area contributed by atoms with Crippen LogP contribution in [0.2, 0.25) is 0 Å². The number of nitrogens with one attached hydrogen (secondary N) is 1. The van der Waals surface area contributed by atoms with Gasteiger partial charge in [-0.3, -0.25) is 9.98 Å². The van der Waals surface area contributed by atoms with Crippen LogP contribution in [0.4, 0.5) is 17.1 Å². The maximum atomic E-state index is 11.7. The molecule has 0 saturated heterocycles. The monoisotopic (exact) mass is 803 g/mol. The molecule has 1 N–H and O–H groups in total. The second-order valence-electron chi connectivity index (χ2n) is 13.8. The fourth-order valence-electron chi connectivity index (χ4n) is 6.18. The summed E-state index contributed by atoms with van der Waals surface area (Å²) in [5.41, 5.74) is 11.2. The maximum Gasteiger partial charge on any atom is 2.00 e. The van der Waals surface area contributed by atoms with E-state index in [0.29, 0.717) is 4.47 Å². The van der Waals surface area contributed by atoms with Crippen molar-refractivity contribution in [2.75, 3.05) is 11.9 Å². The van der Waals surface area contributed by atoms with Gasteiger partial charge in [0.1, 0.15) is 0 Å². The minimum atomic E-state index is -0.451. The molecule has 0 aliphatic carbocycles. The molecule has 0 saturated carbocycles. The molecule has 0 spiro atoms. The predicted octanol–water partition coefficient (Wildman–Crippen LogP) is 12.9. The first-order valence-corrected chi connectivity index (χ1v) is 20.1. The summed E-state index contributed by atoms with van der Waals surface area (Å²) in [5.74, 6) is -0.883. The summed E-state index contributed by atoms with van der Waals surface area (Å²) < 4.78 is 0.382. The van der Waals surface area contributed by atoms with Gasteiger partial charge in [-0.2, -0.15) is 0 Å². The van der Waals surface area contributed by atoms with Gasteiger partial charge in [-0.15, -0.1) is 11.5 Å². The molecule has 3 rings (SSSR count). The van der Waals surface area contributed by atoms with Gasteiger partial charge in [-0.05, 0) is 134 Å². The first-order chi connectivity index (χ1) is 24.0. The SMILES string of the molecule is CCCCCCC(=Nc1cc(C)cc(C)c1)C(CCCC)=Nc1cc(C)cc(C)c1.CCCCCCCCNc1c(CC)cc([O-])c([O-])c1Br.[Ni+2]. The number of hydrogen-bond donors (Lipinski definition) is 1. The summed E-state index contributed by atoms with van der Waals surface area (Å²) in [7, 11) is 0. The number of aliphatic imine (C=N–C) groups is 2. The average Bonchev–Trinajstić information content (AvgIpc) is 3.06. The summed E-state index contributed by atoms with van der Waals surface area (Å²) >= 11 is 3.25. The van der Waals surface area contributed by atoms with E-state index in [1.54, 1.807) is 0 Å². The van der Waals surface area contributed by atoms with Crippen LogP contribution in [-0.4, -0.2) is 18.0 Å². The Balaban J connectivity index is 0.000000541. The molecule has 7 heteroatoms. The molecule has 51 heavy (non-hydrogen) atoms. The topological polar surface area (TPSA) is 82.9 Å². The molecule has 0 amide bonds. The number of benzene rings is 3. The van der Waals surface area contributed by atoms with Crippen LogP contribution in [0.5, 0.6) is 11.5 Å². The number of halogens is 1. The number of anilines is 1. The van der Waals surface area contributed by atoms with Crippen molar-refractivity contribution in [1.82, 2.24) is 0 Å². The second kappa shape index (κ2) is 26.2. The van der Waals surface area contributed by atoms with Gasteiger partial charge >= 0.3 is 16.5 Å². The van der Waals surface area contributed by atoms with Crippen molar-refractivity contribution < 1.29 is 26.7 Å². The van der Waals surface area contributed by atoms with E-state index < -0.39 is 11.5 Å². The molecule has 0 bridgehead atoms. The van der Waals surface area contributed by atoms with Crippen molar-refractivity contribution in [3.63, 3.8) is 0 Å². The minimum absolute atomic E-state index is 0. The van der Waals surface area contributed by atoms with Crippen LogP contribution in [0, 0.1) is 27.7 Å². The Morgan fingerprint density at radius 3 is 1.49 bits per heavy atom.